The predicted octanol–water partition coefficient (Wildman–Crippen LogP) is 0.879. The number of carbonyl (C=O) groups is 2. The topological polar surface area (TPSA) is 155 Å². The average molecular weight is 349 g/mol. The van der Waals surface area contributed by atoms with Gasteiger partial charge in [-0.3, -0.25) is 24.3 Å². The lowest BCUT2D eigenvalue weighted by molar-refractivity contribution is -0.385. The molecule has 24 heavy (non-hydrogen) atoms. The number of rotatable bonds is 2. The maximum atomic E-state index is 12.6. The Bertz CT molecular complexity index is 991. The summed E-state index contributed by atoms with van der Waals surface area (Å²) in [6.45, 7) is 0. The second-order valence-corrected chi connectivity index (χ2v) is 6.58. The molecule has 0 saturated carbocycles. The van der Waals surface area contributed by atoms with Crippen LogP contribution < -0.4 is 5.30 Å². The van der Waals surface area contributed by atoms with Crippen molar-refractivity contribution in [1.82, 2.24) is 0 Å². The summed E-state index contributed by atoms with van der Waals surface area (Å²) >= 11 is 0. The van der Waals surface area contributed by atoms with Gasteiger partial charge in [0.15, 0.2) is 5.78 Å². The van der Waals surface area contributed by atoms with Gasteiger partial charge in [-0.2, -0.15) is 0 Å². The van der Waals surface area contributed by atoms with Crippen molar-refractivity contribution in [3.63, 3.8) is 0 Å². The first-order valence-electron chi connectivity index (χ1n) is 6.43. The summed E-state index contributed by atoms with van der Waals surface area (Å²) in [6.07, 6.45) is 0. The van der Waals surface area contributed by atoms with E-state index in [1.54, 1.807) is 0 Å². The van der Waals surface area contributed by atoms with Gasteiger partial charge in [0.1, 0.15) is 11.3 Å². The van der Waals surface area contributed by atoms with E-state index in [1.807, 2.05) is 0 Å². The Morgan fingerprint density at radius 1 is 0.958 bits per heavy atom. The van der Waals surface area contributed by atoms with E-state index in [4.69, 9.17) is 0 Å². The Balaban J connectivity index is 2.44. The van der Waals surface area contributed by atoms with Gasteiger partial charge in [-0.15, -0.1) is 0 Å². The van der Waals surface area contributed by atoms with E-state index in [0.717, 1.165) is 30.3 Å². The third-order valence-electron chi connectivity index (χ3n) is 3.64. The van der Waals surface area contributed by atoms with Crippen molar-refractivity contribution in [2.24, 2.45) is 0 Å². The molecule has 0 spiro atoms. The first-order chi connectivity index (χ1) is 11.1. The van der Waals surface area contributed by atoms with Crippen molar-refractivity contribution in [3.05, 3.63) is 62.7 Å². The second kappa shape index (κ2) is 5.07. The molecule has 0 fully saturated rings. The fraction of sp³-hybridized carbons (Fsp3) is 0. The van der Waals surface area contributed by atoms with Crippen LogP contribution in [0.15, 0.2) is 30.3 Å². The molecule has 0 atom stereocenters. The third kappa shape index (κ3) is 2.15. The van der Waals surface area contributed by atoms with E-state index >= 15 is 0 Å². The number of phenols is 1. The monoisotopic (exact) mass is 349 g/mol. The molecule has 1 aliphatic carbocycles. The molecule has 0 saturated heterocycles. The Morgan fingerprint density at radius 3 is 2.21 bits per heavy atom. The van der Waals surface area contributed by atoms with Crippen LogP contribution in [0.1, 0.15) is 31.8 Å². The Hall–Kier alpha value is -2.87. The molecule has 0 amide bonds. The highest BCUT2D eigenvalue weighted by Gasteiger charge is 2.41. The third-order valence-corrected chi connectivity index (χ3v) is 4.64. The molecular formula is C14H8NO8P. The quantitative estimate of drug-likeness (QED) is 0.350. The first-order valence-corrected chi connectivity index (χ1v) is 8.04. The van der Waals surface area contributed by atoms with E-state index < -0.39 is 57.5 Å². The van der Waals surface area contributed by atoms with Crippen molar-refractivity contribution >= 4 is 30.2 Å². The lowest BCUT2D eigenvalue weighted by Gasteiger charge is -2.20. The lowest BCUT2D eigenvalue weighted by Crippen LogP contribution is -2.28. The molecule has 3 rings (SSSR count). The van der Waals surface area contributed by atoms with Gasteiger partial charge in [-0.05, 0) is 12.1 Å². The van der Waals surface area contributed by atoms with Gasteiger partial charge in [0.25, 0.3) is 5.69 Å². The lowest BCUT2D eigenvalue weighted by atomic mass is 9.82. The number of aromatic hydroxyl groups is 1. The van der Waals surface area contributed by atoms with Crippen molar-refractivity contribution in [3.8, 4) is 5.75 Å². The number of fused-ring (bicyclic) bond motifs is 2. The fourth-order valence-electron chi connectivity index (χ4n) is 2.66. The van der Waals surface area contributed by atoms with Crippen molar-refractivity contribution in [1.29, 1.82) is 0 Å². The molecule has 0 unspecified atom stereocenters. The average Bonchev–Trinajstić information content (AvgIpc) is 2.50. The zero-order valence-electron chi connectivity index (χ0n) is 11.7. The van der Waals surface area contributed by atoms with Gasteiger partial charge in [-0.25, -0.2) is 0 Å². The molecule has 2 aromatic rings. The van der Waals surface area contributed by atoms with Gasteiger partial charge in [0, 0.05) is 17.2 Å². The largest absolute Gasteiger partial charge is 0.507 e. The molecule has 0 radical (unpaired) electrons. The number of hydrogen-bond acceptors (Lipinski definition) is 6. The summed E-state index contributed by atoms with van der Waals surface area (Å²) in [5.74, 6) is -2.70. The Kier molecular flexibility index (Phi) is 3.38. The van der Waals surface area contributed by atoms with Crippen LogP contribution in [0.25, 0.3) is 0 Å². The van der Waals surface area contributed by atoms with Crippen LogP contribution in [-0.2, 0) is 4.57 Å². The van der Waals surface area contributed by atoms with Gasteiger partial charge < -0.3 is 14.9 Å². The number of ketones is 2. The second-order valence-electron chi connectivity index (χ2n) is 5.01. The summed E-state index contributed by atoms with van der Waals surface area (Å²) in [6, 6.07) is 5.07. The van der Waals surface area contributed by atoms with E-state index in [2.05, 4.69) is 0 Å². The molecule has 0 aliphatic heterocycles. The van der Waals surface area contributed by atoms with E-state index in [1.165, 1.54) is 0 Å². The number of nitro benzene ring substituents is 1. The summed E-state index contributed by atoms with van der Waals surface area (Å²) in [5.41, 5.74) is -2.82. The molecule has 10 heteroatoms. The van der Waals surface area contributed by atoms with E-state index in [9.17, 15) is 39.2 Å². The summed E-state index contributed by atoms with van der Waals surface area (Å²) in [4.78, 5) is 54.2. The maximum absolute atomic E-state index is 12.6. The zero-order chi connectivity index (χ0) is 17.8. The zero-order valence-corrected chi connectivity index (χ0v) is 12.6. The number of benzene rings is 2. The normalized spacial score (nSPS) is 13.4. The number of nitrogens with zero attached hydrogens (tertiary/aromatic N) is 1. The highest BCUT2D eigenvalue weighted by molar-refractivity contribution is 7.60. The molecule has 0 bridgehead atoms. The molecule has 1 aliphatic rings. The molecule has 9 nitrogen and oxygen atoms in total. The standard InChI is InChI=1S/C14H8NO8P/c16-8-5-4-7(15(19)20)11-12(8)14(18)10-6(13(11)17)2-1-3-9(10)24(21,22)23/h1-5,16H,(H2,21,22,23). The van der Waals surface area contributed by atoms with E-state index in [-0.39, 0.29) is 5.56 Å². The SMILES string of the molecule is O=C1c2c(cccc2P(=O)(O)O)C(=O)c2c([N+](=O)[O-])ccc(O)c21. The summed E-state index contributed by atoms with van der Waals surface area (Å²) in [5, 5.41) is 20.3. The minimum Gasteiger partial charge on any atom is -0.507 e. The van der Waals surface area contributed by atoms with Gasteiger partial charge in [0.2, 0.25) is 5.78 Å². The van der Waals surface area contributed by atoms with Gasteiger partial charge >= 0.3 is 7.60 Å². The minimum atomic E-state index is -4.89. The van der Waals surface area contributed by atoms with Gasteiger partial charge in [0.05, 0.1) is 15.8 Å². The van der Waals surface area contributed by atoms with Crippen LogP contribution >= 0.6 is 7.60 Å². The van der Waals surface area contributed by atoms with Crippen molar-refractivity contribution in [2.75, 3.05) is 0 Å². The van der Waals surface area contributed by atoms with Crippen LogP contribution in [0, 0.1) is 10.1 Å². The molecule has 0 aromatic heterocycles. The number of phenolic OH excluding ortho intramolecular Hbond substituents is 1. The fourth-order valence-corrected chi connectivity index (χ4v) is 3.46. The molecule has 0 heterocycles. The number of nitro groups is 1. The summed E-state index contributed by atoms with van der Waals surface area (Å²) in [7, 11) is -4.89. The highest BCUT2D eigenvalue weighted by Crippen LogP contribution is 2.42. The maximum Gasteiger partial charge on any atom is 0.356 e. The Labute approximate surface area is 133 Å². The highest BCUT2D eigenvalue weighted by atomic mass is 31.2. The van der Waals surface area contributed by atoms with Crippen molar-refractivity contribution in [2.45, 2.75) is 0 Å². The van der Waals surface area contributed by atoms with Crippen molar-refractivity contribution < 1.29 is 34.0 Å². The van der Waals surface area contributed by atoms with Gasteiger partial charge in [-0.1, -0.05) is 12.1 Å². The predicted molar refractivity (Wildman–Crippen MR) is 79.7 cm³/mol. The van der Waals surface area contributed by atoms with Crippen LogP contribution in [0.5, 0.6) is 5.75 Å². The minimum absolute atomic E-state index is 0.359. The molecule has 3 N–H and O–H groups in total. The van der Waals surface area contributed by atoms with E-state index in [0.29, 0.717) is 0 Å². The van der Waals surface area contributed by atoms with Crippen LogP contribution in [-0.4, -0.2) is 31.4 Å². The van der Waals surface area contributed by atoms with Crippen LogP contribution in [0.2, 0.25) is 0 Å². The van der Waals surface area contributed by atoms with Crippen LogP contribution in [0.3, 0.4) is 0 Å². The molecule has 122 valence electrons. The van der Waals surface area contributed by atoms with Crippen LogP contribution in [0.4, 0.5) is 5.69 Å². The molecular weight excluding hydrogens is 341 g/mol. The Morgan fingerprint density at radius 2 is 1.62 bits per heavy atom. The number of hydrogen-bond donors (Lipinski definition) is 3. The first kappa shape index (κ1) is 16.0. The summed E-state index contributed by atoms with van der Waals surface area (Å²) < 4.78 is 11.6. The smallest absolute Gasteiger partial charge is 0.356 e. The number of carbonyl (C=O) groups excluding carboxylic acids is 2. The molecule has 2 aromatic carbocycles.